The van der Waals surface area contributed by atoms with Gasteiger partial charge in [-0.05, 0) is 73.4 Å². The van der Waals surface area contributed by atoms with Crippen LogP contribution in [0.15, 0.2) is 77.8 Å². The lowest BCUT2D eigenvalue weighted by molar-refractivity contribution is 0.120. The van der Waals surface area contributed by atoms with Crippen LogP contribution >= 0.6 is 11.6 Å². The van der Waals surface area contributed by atoms with E-state index in [1.54, 1.807) is 12.1 Å². The summed E-state index contributed by atoms with van der Waals surface area (Å²) in [5.41, 5.74) is 3.92. The number of hydrogen-bond donors (Lipinski definition) is 2. The third-order valence-corrected chi connectivity index (χ3v) is 7.22. The van der Waals surface area contributed by atoms with E-state index in [9.17, 15) is 5.11 Å². The average Bonchev–Trinajstić information content (AvgIpc) is 2.88. The molecule has 1 fully saturated rings. The summed E-state index contributed by atoms with van der Waals surface area (Å²) >= 11 is 6.32. The van der Waals surface area contributed by atoms with Crippen molar-refractivity contribution in [3.63, 3.8) is 0 Å². The Bertz CT molecular complexity index is 1170. The molecule has 3 aromatic rings. The molecule has 2 N–H and O–H groups in total. The van der Waals surface area contributed by atoms with Gasteiger partial charge in [-0.1, -0.05) is 41.9 Å². The smallest absolute Gasteiger partial charge is 0.120 e. The number of ether oxygens (including phenoxy) is 1. The van der Waals surface area contributed by atoms with Gasteiger partial charge in [0.1, 0.15) is 17.2 Å². The van der Waals surface area contributed by atoms with E-state index in [0.29, 0.717) is 18.1 Å². The fraction of sp³-hybridized carbons (Fsp3) is 0.345. The zero-order chi connectivity index (χ0) is 24.3. The molecule has 2 aliphatic heterocycles. The molecule has 0 radical (unpaired) electrons. The number of phenolic OH excluding ortho intramolecular Hbond substituents is 1. The monoisotopic (exact) mass is 489 g/mol. The Labute approximate surface area is 212 Å². The lowest BCUT2D eigenvalue weighted by Crippen LogP contribution is -2.55. The minimum atomic E-state index is -0.376. The van der Waals surface area contributed by atoms with Gasteiger partial charge in [0.15, 0.2) is 0 Å². The first-order valence-corrected chi connectivity index (χ1v) is 12.8. The maximum atomic E-state index is 10.7. The Morgan fingerprint density at radius 1 is 1.06 bits per heavy atom. The molecule has 0 saturated carbocycles. The molecule has 0 unspecified atom stereocenters. The van der Waals surface area contributed by atoms with Crippen molar-refractivity contribution in [1.82, 2.24) is 10.2 Å². The fourth-order valence-corrected chi connectivity index (χ4v) is 5.35. The minimum absolute atomic E-state index is 0.0755. The second kappa shape index (κ2) is 10.4. The van der Waals surface area contributed by atoms with Crippen LogP contribution in [-0.4, -0.2) is 41.1 Å². The molecule has 5 rings (SSSR count). The lowest BCUT2D eigenvalue weighted by atomic mass is 9.87. The molecular weight excluding hydrogens is 458 g/mol. The van der Waals surface area contributed by atoms with Crippen molar-refractivity contribution in [2.45, 2.75) is 44.4 Å². The van der Waals surface area contributed by atoms with E-state index >= 15 is 0 Å². The van der Waals surface area contributed by atoms with Gasteiger partial charge in [0.05, 0.1) is 6.61 Å². The molecule has 1 atom stereocenters. The van der Waals surface area contributed by atoms with E-state index < -0.39 is 0 Å². The van der Waals surface area contributed by atoms with E-state index in [1.807, 2.05) is 25.1 Å². The second-order valence-corrected chi connectivity index (χ2v) is 9.85. The molecule has 0 aromatic heterocycles. The first kappa shape index (κ1) is 23.9. The van der Waals surface area contributed by atoms with E-state index in [-0.39, 0.29) is 17.5 Å². The van der Waals surface area contributed by atoms with E-state index in [4.69, 9.17) is 21.3 Å². The van der Waals surface area contributed by atoms with Crippen molar-refractivity contribution < 1.29 is 9.84 Å². The van der Waals surface area contributed by atoms with Crippen LogP contribution in [-0.2, 0) is 6.54 Å². The van der Waals surface area contributed by atoms with Crippen molar-refractivity contribution in [2.24, 2.45) is 4.99 Å². The number of halogens is 1. The topological polar surface area (TPSA) is 57.1 Å². The van der Waals surface area contributed by atoms with Crippen LogP contribution in [0.2, 0.25) is 5.02 Å². The van der Waals surface area contributed by atoms with Gasteiger partial charge < -0.3 is 9.84 Å². The Kier molecular flexibility index (Phi) is 7.09. The molecule has 35 heavy (non-hydrogen) atoms. The standard InChI is InChI=1S/C29H32ClN3O2/c1-2-35-24-11-8-22(9-12-24)26-19-27(25-18-23(30)10-13-28(25)34)32-29(31-26)14-16-33(17-15-29)20-21-6-4-3-5-7-21/h3-13,18,27,32,34H,2,14-17,19-20H2,1H3/t27-/m1/s1. The number of nitrogens with one attached hydrogen (secondary N) is 1. The summed E-state index contributed by atoms with van der Waals surface area (Å²) in [5, 5.41) is 15.1. The minimum Gasteiger partial charge on any atom is -0.508 e. The zero-order valence-electron chi connectivity index (χ0n) is 20.1. The summed E-state index contributed by atoms with van der Waals surface area (Å²) in [6.07, 6.45) is 2.48. The Balaban J connectivity index is 1.42. The molecule has 1 spiro atoms. The highest BCUT2D eigenvalue weighted by molar-refractivity contribution is 6.30. The largest absolute Gasteiger partial charge is 0.508 e. The van der Waals surface area contributed by atoms with Gasteiger partial charge in [0, 0.05) is 48.4 Å². The summed E-state index contributed by atoms with van der Waals surface area (Å²) in [7, 11) is 0. The average molecular weight is 490 g/mol. The SMILES string of the molecule is CCOc1ccc(C2=NC3(CCN(Cc4ccccc4)CC3)N[C@@H](c3cc(Cl)ccc3O)C2)cc1. The molecule has 1 saturated heterocycles. The highest BCUT2D eigenvalue weighted by Gasteiger charge is 2.40. The number of rotatable bonds is 6. The number of nitrogens with zero attached hydrogens (tertiary/aromatic N) is 2. The number of aromatic hydroxyl groups is 1. The van der Waals surface area contributed by atoms with Crippen LogP contribution < -0.4 is 10.1 Å². The summed E-state index contributed by atoms with van der Waals surface area (Å²) in [4.78, 5) is 7.81. The second-order valence-electron chi connectivity index (χ2n) is 9.41. The highest BCUT2D eigenvalue weighted by Crippen LogP contribution is 2.38. The van der Waals surface area contributed by atoms with Gasteiger partial charge in [-0.2, -0.15) is 0 Å². The molecule has 3 aromatic carbocycles. The molecule has 5 nitrogen and oxygen atoms in total. The molecule has 182 valence electrons. The van der Waals surface area contributed by atoms with Crippen LogP contribution in [0.1, 0.15) is 48.9 Å². The molecule has 0 aliphatic carbocycles. The maximum Gasteiger partial charge on any atom is 0.120 e. The van der Waals surface area contributed by atoms with E-state index in [1.165, 1.54) is 5.56 Å². The van der Waals surface area contributed by atoms with Crippen molar-refractivity contribution in [3.05, 3.63) is 94.5 Å². The van der Waals surface area contributed by atoms with Crippen LogP contribution in [0.5, 0.6) is 11.5 Å². The van der Waals surface area contributed by atoms with Crippen LogP contribution in [0.4, 0.5) is 0 Å². The summed E-state index contributed by atoms with van der Waals surface area (Å²) in [6.45, 7) is 5.49. The number of likely N-dealkylation sites (tertiary alicyclic amines) is 1. The number of benzene rings is 3. The van der Waals surface area contributed by atoms with Gasteiger partial charge in [-0.15, -0.1) is 0 Å². The van der Waals surface area contributed by atoms with Gasteiger partial charge >= 0.3 is 0 Å². The maximum absolute atomic E-state index is 10.7. The molecule has 2 heterocycles. The summed E-state index contributed by atoms with van der Waals surface area (Å²) in [5.74, 6) is 1.12. The Morgan fingerprint density at radius 2 is 1.80 bits per heavy atom. The number of aliphatic imine (C=N–C) groups is 1. The van der Waals surface area contributed by atoms with Crippen LogP contribution in [0.25, 0.3) is 0 Å². The highest BCUT2D eigenvalue weighted by atomic mass is 35.5. The molecular formula is C29H32ClN3O2. The third-order valence-electron chi connectivity index (χ3n) is 6.99. The van der Waals surface area contributed by atoms with E-state index in [0.717, 1.165) is 55.1 Å². The van der Waals surface area contributed by atoms with Gasteiger partial charge in [-0.3, -0.25) is 15.2 Å². The summed E-state index contributed by atoms with van der Waals surface area (Å²) < 4.78 is 5.63. The van der Waals surface area contributed by atoms with Gasteiger partial charge in [0.2, 0.25) is 0 Å². The predicted molar refractivity (Wildman–Crippen MR) is 141 cm³/mol. The normalized spacial score (nSPS) is 19.9. The first-order valence-electron chi connectivity index (χ1n) is 12.4. The zero-order valence-corrected chi connectivity index (χ0v) is 20.8. The Morgan fingerprint density at radius 3 is 2.51 bits per heavy atom. The number of hydrogen-bond acceptors (Lipinski definition) is 5. The Hall–Kier alpha value is -2.86. The third kappa shape index (κ3) is 5.53. The number of phenols is 1. The van der Waals surface area contributed by atoms with Crippen molar-refractivity contribution in [1.29, 1.82) is 0 Å². The number of piperidine rings is 1. The quantitative estimate of drug-likeness (QED) is 0.448. The molecule has 0 bridgehead atoms. The molecule has 6 heteroatoms. The van der Waals surface area contributed by atoms with Gasteiger partial charge in [-0.25, -0.2) is 0 Å². The predicted octanol–water partition coefficient (Wildman–Crippen LogP) is 5.96. The fourth-order valence-electron chi connectivity index (χ4n) is 5.17. The van der Waals surface area contributed by atoms with Gasteiger partial charge in [0.25, 0.3) is 0 Å². The molecule has 2 aliphatic rings. The van der Waals surface area contributed by atoms with E-state index in [2.05, 4.69) is 52.7 Å². The first-order chi connectivity index (χ1) is 17.0. The molecule has 0 amide bonds. The van der Waals surface area contributed by atoms with Crippen LogP contribution in [0.3, 0.4) is 0 Å². The van der Waals surface area contributed by atoms with Crippen LogP contribution in [0, 0.1) is 0 Å². The lowest BCUT2D eigenvalue weighted by Gasteiger charge is -2.45. The van der Waals surface area contributed by atoms with Crippen molar-refractivity contribution >= 4 is 17.3 Å². The summed E-state index contributed by atoms with van der Waals surface area (Å²) in [6, 6.07) is 24.0. The van der Waals surface area contributed by atoms with Crippen molar-refractivity contribution in [3.8, 4) is 11.5 Å². The van der Waals surface area contributed by atoms with Crippen molar-refractivity contribution in [2.75, 3.05) is 19.7 Å².